The molecule has 0 bridgehead atoms. The Morgan fingerprint density at radius 3 is 2.70 bits per heavy atom. The number of para-hydroxylation sites is 1. The van der Waals surface area contributed by atoms with Gasteiger partial charge in [0.05, 0.1) is 18.1 Å². The maximum Gasteiger partial charge on any atom is 0.308 e. The molecule has 0 spiro atoms. The van der Waals surface area contributed by atoms with Gasteiger partial charge in [0.25, 0.3) is 0 Å². The molecule has 27 heavy (non-hydrogen) atoms. The van der Waals surface area contributed by atoms with E-state index >= 15 is 0 Å². The van der Waals surface area contributed by atoms with Crippen molar-refractivity contribution in [2.45, 2.75) is 39.7 Å². The second-order valence-corrected chi connectivity index (χ2v) is 6.81. The van der Waals surface area contributed by atoms with Crippen molar-refractivity contribution in [1.29, 1.82) is 0 Å². The van der Waals surface area contributed by atoms with Gasteiger partial charge in [-0.25, -0.2) is 0 Å². The molecule has 2 heterocycles. The molecule has 1 aromatic heterocycles. The van der Waals surface area contributed by atoms with E-state index in [2.05, 4.69) is 0 Å². The summed E-state index contributed by atoms with van der Waals surface area (Å²) in [5.41, 5.74) is 1.44. The second kappa shape index (κ2) is 6.61. The summed E-state index contributed by atoms with van der Waals surface area (Å²) in [5.74, 6) is 0.249. The van der Waals surface area contributed by atoms with Gasteiger partial charge in [-0.2, -0.15) is 0 Å². The predicted octanol–water partition coefficient (Wildman–Crippen LogP) is 3.98. The van der Waals surface area contributed by atoms with Crippen LogP contribution in [0.3, 0.4) is 0 Å². The number of esters is 1. The number of carbonyl (C=O) groups excluding carboxylic acids is 1. The maximum absolute atomic E-state index is 13.3. The average molecular weight is 368 g/mol. The van der Waals surface area contributed by atoms with E-state index in [-0.39, 0.29) is 28.4 Å². The van der Waals surface area contributed by atoms with Gasteiger partial charge in [-0.15, -0.1) is 0 Å². The molecule has 0 aliphatic carbocycles. The van der Waals surface area contributed by atoms with Crippen molar-refractivity contribution in [3.05, 3.63) is 40.1 Å². The minimum atomic E-state index is -0.510. The Balaban J connectivity index is 2.20. The first-order valence-corrected chi connectivity index (χ1v) is 8.99. The molecular weight excluding hydrogens is 348 g/mol. The number of carbonyl (C=O) groups is 1. The van der Waals surface area contributed by atoms with E-state index in [4.69, 9.17) is 18.6 Å². The largest absolute Gasteiger partial charge is 0.489 e. The fourth-order valence-electron chi connectivity index (χ4n) is 3.40. The zero-order valence-electron chi connectivity index (χ0n) is 15.5. The summed E-state index contributed by atoms with van der Waals surface area (Å²) in [6.07, 6.45) is 1.20. The van der Waals surface area contributed by atoms with Crippen molar-refractivity contribution < 1.29 is 23.4 Å². The highest BCUT2D eigenvalue weighted by Gasteiger charge is 2.30. The molecule has 0 radical (unpaired) electrons. The molecule has 0 fully saturated rings. The van der Waals surface area contributed by atoms with Crippen LogP contribution in [0.1, 0.15) is 32.8 Å². The summed E-state index contributed by atoms with van der Waals surface area (Å²) < 4.78 is 23.3. The van der Waals surface area contributed by atoms with Crippen LogP contribution in [-0.2, 0) is 11.2 Å². The fourth-order valence-corrected chi connectivity index (χ4v) is 3.40. The third kappa shape index (κ3) is 2.91. The molecule has 4 rings (SSSR count). The van der Waals surface area contributed by atoms with Crippen LogP contribution in [0, 0.1) is 0 Å². The van der Waals surface area contributed by atoms with Gasteiger partial charge in [0.1, 0.15) is 16.6 Å². The van der Waals surface area contributed by atoms with Crippen molar-refractivity contribution in [2.75, 3.05) is 6.61 Å². The minimum absolute atomic E-state index is 0.154. The van der Waals surface area contributed by atoms with E-state index < -0.39 is 5.97 Å². The van der Waals surface area contributed by atoms with E-state index in [1.54, 1.807) is 18.2 Å². The topological polar surface area (TPSA) is 75.0 Å². The number of hydrogen-bond acceptors (Lipinski definition) is 6. The monoisotopic (exact) mass is 368 g/mol. The first-order valence-electron chi connectivity index (χ1n) is 8.99. The van der Waals surface area contributed by atoms with Crippen LogP contribution >= 0.6 is 0 Å². The summed E-state index contributed by atoms with van der Waals surface area (Å²) in [6.45, 7) is 5.48. The SMILES string of the molecule is CC(=O)Oc1c2c(c3oc4ccccc4c(=O)c3c1OC(C)C)CCCO2. The molecule has 2 aromatic carbocycles. The Morgan fingerprint density at radius 2 is 1.96 bits per heavy atom. The smallest absolute Gasteiger partial charge is 0.308 e. The Kier molecular flexibility index (Phi) is 4.26. The van der Waals surface area contributed by atoms with Crippen LogP contribution in [0.15, 0.2) is 33.5 Å². The van der Waals surface area contributed by atoms with Crippen molar-refractivity contribution in [3.8, 4) is 17.2 Å². The maximum atomic E-state index is 13.3. The molecule has 0 saturated heterocycles. The lowest BCUT2D eigenvalue weighted by Gasteiger charge is -2.24. The van der Waals surface area contributed by atoms with Crippen LogP contribution < -0.4 is 19.6 Å². The average Bonchev–Trinajstić information content (AvgIpc) is 2.64. The lowest BCUT2D eigenvalue weighted by molar-refractivity contribution is -0.132. The van der Waals surface area contributed by atoms with Crippen molar-refractivity contribution >= 4 is 27.9 Å². The lowest BCUT2D eigenvalue weighted by atomic mass is 10.00. The van der Waals surface area contributed by atoms with Gasteiger partial charge in [0.2, 0.25) is 11.2 Å². The number of aryl methyl sites for hydroxylation is 1. The number of hydrogen-bond donors (Lipinski definition) is 0. The summed E-state index contributed by atoms with van der Waals surface area (Å²) in [5, 5.41) is 0.729. The Bertz CT molecular complexity index is 1110. The Hall–Kier alpha value is -3.02. The van der Waals surface area contributed by atoms with Gasteiger partial charge in [-0.3, -0.25) is 9.59 Å². The summed E-state index contributed by atoms with van der Waals surface area (Å²) >= 11 is 0. The highest BCUT2D eigenvalue weighted by molar-refractivity contribution is 5.99. The second-order valence-electron chi connectivity index (χ2n) is 6.81. The molecule has 0 N–H and O–H groups in total. The number of benzene rings is 2. The summed E-state index contributed by atoms with van der Waals surface area (Å²) in [4.78, 5) is 25.0. The van der Waals surface area contributed by atoms with Gasteiger partial charge < -0.3 is 18.6 Å². The Labute approximate surface area is 155 Å². The lowest BCUT2D eigenvalue weighted by Crippen LogP contribution is -2.17. The molecule has 0 atom stereocenters. The number of ether oxygens (including phenoxy) is 3. The highest BCUT2D eigenvalue weighted by atomic mass is 16.6. The summed E-state index contributed by atoms with van der Waals surface area (Å²) in [6, 6.07) is 7.07. The van der Waals surface area contributed by atoms with Gasteiger partial charge in [0.15, 0.2) is 11.5 Å². The van der Waals surface area contributed by atoms with Gasteiger partial charge in [0, 0.05) is 12.5 Å². The van der Waals surface area contributed by atoms with E-state index in [0.717, 1.165) is 12.0 Å². The van der Waals surface area contributed by atoms with Crippen molar-refractivity contribution in [2.24, 2.45) is 0 Å². The van der Waals surface area contributed by atoms with Gasteiger partial charge in [-0.1, -0.05) is 12.1 Å². The van der Waals surface area contributed by atoms with Gasteiger partial charge >= 0.3 is 5.97 Å². The first-order chi connectivity index (χ1) is 13.0. The molecule has 6 nitrogen and oxygen atoms in total. The third-order valence-corrected chi connectivity index (χ3v) is 4.40. The zero-order chi connectivity index (χ0) is 19.1. The molecule has 3 aromatic rings. The molecule has 0 saturated carbocycles. The van der Waals surface area contributed by atoms with E-state index in [0.29, 0.717) is 35.3 Å². The summed E-state index contributed by atoms with van der Waals surface area (Å²) in [7, 11) is 0. The van der Waals surface area contributed by atoms with E-state index in [1.165, 1.54) is 6.92 Å². The van der Waals surface area contributed by atoms with Crippen LogP contribution in [0.2, 0.25) is 0 Å². The van der Waals surface area contributed by atoms with Crippen LogP contribution in [0.4, 0.5) is 0 Å². The first kappa shape index (κ1) is 17.4. The van der Waals surface area contributed by atoms with Gasteiger partial charge in [-0.05, 0) is 38.8 Å². The van der Waals surface area contributed by atoms with Crippen molar-refractivity contribution in [3.63, 3.8) is 0 Å². The molecule has 140 valence electrons. The normalized spacial score (nSPS) is 13.5. The zero-order valence-corrected chi connectivity index (χ0v) is 15.5. The predicted molar refractivity (Wildman–Crippen MR) is 101 cm³/mol. The van der Waals surface area contributed by atoms with Crippen LogP contribution in [-0.4, -0.2) is 18.7 Å². The molecule has 1 aliphatic rings. The molecule has 0 unspecified atom stereocenters. The molecular formula is C21H20O6. The fraction of sp³-hybridized carbons (Fsp3) is 0.333. The molecule has 6 heteroatoms. The number of fused-ring (bicyclic) bond motifs is 4. The quantitative estimate of drug-likeness (QED) is 0.395. The van der Waals surface area contributed by atoms with Crippen LogP contribution in [0.25, 0.3) is 21.9 Å². The minimum Gasteiger partial charge on any atom is -0.489 e. The molecule has 1 aliphatic heterocycles. The van der Waals surface area contributed by atoms with Crippen molar-refractivity contribution in [1.82, 2.24) is 0 Å². The Morgan fingerprint density at radius 1 is 1.19 bits per heavy atom. The highest BCUT2D eigenvalue weighted by Crippen LogP contribution is 2.48. The standard InChI is InChI=1S/C21H20O6/c1-11(2)25-20-16-17(23)13-7-4-5-9-15(13)27-18(16)14-8-6-10-24-19(14)21(20)26-12(3)22/h4-5,7,9,11H,6,8,10H2,1-3H3. The molecule has 0 amide bonds. The van der Waals surface area contributed by atoms with Crippen LogP contribution in [0.5, 0.6) is 17.2 Å². The third-order valence-electron chi connectivity index (χ3n) is 4.40. The number of rotatable bonds is 3. The van der Waals surface area contributed by atoms with E-state index in [9.17, 15) is 9.59 Å². The van der Waals surface area contributed by atoms with E-state index in [1.807, 2.05) is 19.9 Å².